The minimum atomic E-state index is -0.907. The number of hydrogen-bond donors (Lipinski definition) is 1. The minimum Gasteiger partial charge on any atom is -0.479 e. The summed E-state index contributed by atoms with van der Waals surface area (Å²) in [5.74, 6) is -0.907. The van der Waals surface area contributed by atoms with Gasteiger partial charge in [-0.3, -0.25) is 0 Å². The average Bonchev–Trinajstić information content (AvgIpc) is 2.32. The number of aliphatic carboxylic acids is 1. The monoisotopic (exact) mass is 224 g/mol. The summed E-state index contributed by atoms with van der Waals surface area (Å²) in [6, 6.07) is 9.48. The van der Waals surface area contributed by atoms with Crippen molar-refractivity contribution >= 4 is 5.97 Å². The molecule has 16 heavy (non-hydrogen) atoms. The van der Waals surface area contributed by atoms with Crippen LogP contribution in [0.15, 0.2) is 30.3 Å². The van der Waals surface area contributed by atoms with Crippen LogP contribution < -0.4 is 0 Å². The third kappa shape index (κ3) is 5.51. The van der Waals surface area contributed by atoms with Gasteiger partial charge in [0.05, 0.1) is 0 Å². The lowest BCUT2D eigenvalue weighted by molar-refractivity contribution is -0.149. The van der Waals surface area contributed by atoms with E-state index in [0.29, 0.717) is 13.0 Å². The quantitative estimate of drug-likeness (QED) is 0.836. The zero-order valence-corrected chi connectivity index (χ0v) is 10.1. The van der Waals surface area contributed by atoms with Gasteiger partial charge in [-0.2, -0.15) is 0 Å². The highest BCUT2D eigenvalue weighted by Gasteiger charge is 2.17. The van der Waals surface area contributed by atoms with E-state index in [0.717, 1.165) is 5.56 Å². The summed E-state index contributed by atoms with van der Waals surface area (Å²) in [6.07, 6.45) is -0.313. The Morgan fingerprint density at radius 1 is 1.31 bits per heavy atom. The van der Waals surface area contributed by atoms with Crippen molar-refractivity contribution < 1.29 is 14.6 Å². The largest absolute Gasteiger partial charge is 0.479 e. The molecule has 0 aromatic heterocycles. The van der Waals surface area contributed by atoms with Gasteiger partial charge in [0.25, 0.3) is 0 Å². The van der Waals surface area contributed by atoms with Gasteiger partial charge in [0.1, 0.15) is 0 Å². The van der Waals surface area contributed by atoms with Crippen molar-refractivity contribution in [2.75, 3.05) is 6.61 Å². The summed E-state index contributed by atoms with van der Waals surface area (Å²) in [4.78, 5) is 10.8. The molecule has 90 valence electrons. The fraction of sp³-hybridized carbons (Fsp3) is 0.462. The van der Waals surface area contributed by atoms with E-state index in [1.165, 1.54) is 0 Å². The molecule has 0 aliphatic rings. The summed E-state index contributed by atoms with van der Waals surface area (Å²) >= 11 is 0. The third-order valence-electron chi connectivity index (χ3n) is 1.91. The summed E-state index contributed by atoms with van der Waals surface area (Å²) < 4.78 is 5.11. The molecule has 0 fully saturated rings. The van der Waals surface area contributed by atoms with Crippen LogP contribution >= 0.6 is 0 Å². The Morgan fingerprint density at radius 3 is 2.31 bits per heavy atom. The van der Waals surface area contributed by atoms with Crippen molar-refractivity contribution in [3.63, 3.8) is 0 Å². The first-order valence-corrected chi connectivity index (χ1v) is 5.62. The fourth-order valence-electron chi connectivity index (χ4n) is 1.25. The van der Waals surface area contributed by atoms with Crippen molar-refractivity contribution in [1.82, 2.24) is 0 Å². The van der Waals surface area contributed by atoms with Crippen molar-refractivity contribution in [1.29, 1.82) is 0 Å². The summed E-state index contributed by atoms with van der Waals surface area (Å²) in [5, 5.41) is 8.84. The lowest BCUT2D eigenvalue weighted by atomic mass is 10.1. The second kappa shape index (κ2) is 8.92. The van der Waals surface area contributed by atoms with Gasteiger partial charge < -0.3 is 9.84 Å². The zero-order chi connectivity index (χ0) is 12.4. The molecule has 0 bridgehead atoms. The number of ether oxygens (including phenoxy) is 1. The SMILES string of the molecule is CC.CCOC(Cc1ccccc1)C(=O)O. The van der Waals surface area contributed by atoms with Crippen molar-refractivity contribution in [3.05, 3.63) is 35.9 Å². The van der Waals surface area contributed by atoms with Gasteiger partial charge >= 0.3 is 5.97 Å². The highest BCUT2D eigenvalue weighted by molar-refractivity contribution is 5.72. The molecule has 1 aromatic carbocycles. The van der Waals surface area contributed by atoms with Crippen LogP contribution in [0.4, 0.5) is 0 Å². The number of carbonyl (C=O) groups is 1. The standard InChI is InChI=1S/C11H14O3.C2H6/c1-2-14-10(11(12)13)8-9-6-4-3-5-7-9;1-2/h3-7,10H,2,8H2,1H3,(H,12,13);1-2H3. The molecule has 0 heterocycles. The molecule has 0 amide bonds. The molecule has 1 N–H and O–H groups in total. The van der Waals surface area contributed by atoms with Gasteiger partial charge in [-0.1, -0.05) is 44.2 Å². The molecular formula is C13H20O3. The molecule has 1 rings (SSSR count). The number of carboxylic acid groups (broad SMARTS) is 1. The molecular weight excluding hydrogens is 204 g/mol. The maximum absolute atomic E-state index is 10.8. The molecule has 0 saturated carbocycles. The lowest BCUT2D eigenvalue weighted by Crippen LogP contribution is -2.26. The van der Waals surface area contributed by atoms with Gasteiger partial charge in [0, 0.05) is 13.0 Å². The van der Waals surface area contributed by atoms with E-state index in [-0.39, 0.29) is 0 Å². The van der Waals surface area contributed by atoms with Gasteiger partial charge in [-0.05, 0) is 12.5 Å². The Hall–Kier alpha value is -1.35. The summed E-state index contributed by atoms with van der Waals surface area (Å²) in [6.45, 7) is 6.21. The third-order valence-corrected chi connectivity index (χ3v) is 1.91. The second-order valence-corrected chi connectivity index (χ2v) is 2.97. The van der Waals surface area contributed by atoms with E-state index in [2.05, 4.69) is 0 Å². The van der Waals surface area contributed by atoms with Crippen LogP contribution in [0.3, 0.4) is 0 Å². The number of benzene rings is 1. The second-order valence-electron chi connectivity index (χ2n) is 2.97. The highest BCUT2D eigenvalue weighted by Crippen LogP contribution is 2.06. The van der Waals surface area contributed by atoms with Crippen LogP contribution in [0.5, 0.6) is 0 Å². The van der Waals surface area contributed by atoms with Crippen molar-refractivity contribution in [2.45, 2.75) is 33.3 Å². The summed E-state index contributed by atoms with van der Waals surface area (Å²) in [7, 11) is 0. The predicted molar refractivity (Wildman–Crippen MR) is 64.5 cm³/mol. The van der Waals surface area contributed by atoms with Crippen LogP contribution in [0.1, 0.15) is 26.3 Å². The number of carboxylic acids is 1. The first kappa shape index (κ1) is 14.6. The van der Waals surface area contributed by atoms with Crippen molar-refractivity contribution in [3.8, 4) is 0 Å². The Morgan fingerprint density at radius 2 is 1.88 bits per heavy atom. The van der Waals surface area contributed by atoms with Crippen LogP contribution in [0.25, 0.3) is 0 Å². The first-order chi connectivity index (χ1) is 7.74. The van der Waals surface area contributed by atoms with Gasteiger partial charge in [-0.15, -0.1) is 0 Å². The number of hydrogen-bond acceptors (Lipinski definition) is 2. The van der Waals surface area contributed by atoms with Crippen molar-refractivity contribution in [2.24, 2.45) is 0 Å². The molecule has 3 heteroatoms. The maximum Gasteiger partial charge on any atom is 0.333 e. The highest BCUT2D eigenvalue weighted by atomic mass is 16.5. The normalized spacial score (nSPS) is 11.2. The fourth-order valence-corrected chi connectivity index (χ4v) is 1.25. The molecule has 1 aromatic rings. The van der Waals surface area contributed by atoms with E-state index in [1.807, 2.05) is 44.2 Å². The molecule has 0 spiro atoms. The molecule has 1 atom stereocenters. The van der Waals surface area contributed by atoms with Crippen LogP contribution in [-0.4, -0.2) is 23.8 Å². The Labute approximate surface area is 97.1 Å². The molecule has 0 aliphatic heterocycles. The van der Waals surface area contributed by atoms with E-state index in [1.54, 1.807) is 6.92 Å². The molecule has 3 nitrogen and oxygen atoms in total. The molecule has 0 aliphatic carbocycles. The van der Waals surface area contributed by atoms with E-state index < -0.39 is 12.1 Å². The zero-order valence-electron chi connectivity index (χ0n) is 10.1. The summed E-state index contributed by atoms with van der Waals surface area (Å²) in [5.41, 5.74) is 0.980. The van der Waals surface area contributed by atoms with E-state index in [9.17, 15) is 4.79 Å². The molecule has 0 saturated heterocycles. The average molecular weight is 224 g/mol. The predicted octanol–water partition coefficient (Wildman–Crippen LogP) is 2.75. The van der Waals surface area contributed by atoms with Crippen LogP contribution in [-0.2, 0) is 16.0 Å². The molecule has 0 radical (unpaired) electrons. The molecule has 1 unspecified atom stereocenters. The lowest BCUT2D eigenvalue weighted by Gasteiger charge is -2.11. The maximum atomic E-state index is 10.8. The topological polar surface area (TPSA) is 46.5 Å². The number of rotatable bonds is 5. The minimum absolute atomic E-state index is 0.420. The van der Waals surface area contributed by atoms with E-state index >= 15 is 0 Å². The van der Waals surface area contributed by atoms with Gasteiger partial charge in [-0.25, -0.2) is 4.79 Å². The first-order valence-electron chi connectivity index (χ1n) is 5.62. The van der Waals surface area contributed by atoms with E-state index in [4.69, 9.17) is 9.84 Å². The Kier molecular flexibility index (Phi) is 8.17. The Balaban J connectivity index is 0.00000106. The smallest absolute Gasteiger partial charge is 0.333 e. The van der Waals surface area contributed by atoms with Gasteiger partial charge in [0.2, 0.25) is 0 Å². The van der Waals surface area contributed by atoms with Crippen LogP contribution in [0.2, 0.25) is 0 Å². The van der Waals surface area contributed by atoms with Gasteiger partial charge in [0.15, 0.2) is 6.10 Å². The van der Waals surface area contributed by atoms with Crippen LogP contribution in [0, 0.1) is 0 Å². The Bertz CT molecular complexity index is 282.